The Kier molecular flexibility index (Phi) is 11.5. The summed E-state index contributed by atoms with van der Waals surface area (Å²) in [6.07, 6.45) is 3.91. The SMILES string of the molecule is CCCCCCCCc1ccc(NC(=O)c2ccc(CN(Cc3ccc(C(F)(F)F)cc3)C(=O)C(=O)O)cc2)cc1. The summed E-state index contributed by atoms with van der Waals surface area (Å²) in [5.74, 6) is -3.18. The lowest BCUT2D eigenvalue weighted by Crippen LogP contribution is -2.35. The van der Waals surface area contributed by atoms with Crippen LogP contribution in [0.4, 0.5) is 18.9 Å². The third-order valence-electron chi connectivity index (χ3n) is 6.75. The molecule has 3 aromatic rings. The average Bonchev–Trinajstić information content (AvgIpc) is 2.95. The molecule has 0 aliphatic rings. The Balaban J connectivity index is 1.57. The molecule has 3 aromatic carbocycles. The van der Waals surface area contributed by atoms with Crippen LogP contribution in [0.1, 0.15) is 78.1 Å². The topological polar surface area (TPSA) is 86.7 Å². The van der Waals surface area contributed by atoms with Gasteiger partial charge < -0.3 is 15.3 Å². The number of carbonyl (C=O) groups is 3. The first kappa shape index (κ1) is 31.4. The molecule has 0 aromatic heterocycles. The zero-order valence-electron chi connectivity index (χ0n) is 23.0. The minimum Gasteiger partial charge on any atom is -0.474 e. The first-order valence-corrected chi connectivity index (χ1v) is 13.7. The number of carboxylic acid groups (broad SMARTS) is 1. The summed E-state index contributed by atoms with van der Waals surface area (Å²) < 4.78 is 38.5. The van der Waals surface area contributed by atoms with Gasteiger partial charge in [0, 0.05) is 24.3 Å². The average molecular weight is 569 g/mol. The van der Waals surface area contributed by atoms with Gasteiger partial charge in [0.2, 0.25) is 0 Å². The number of benzene rings is 3. The van der Waals surface area contributed by atoms with Crippen LogP contribution in [0, 0.1) is 0 Å². The molecule has 0 atom stereocenters. The lowest BCUT2D eigenvalue weighted by molar-refractivity contribution is -0.156. The molecule has 0 saturated carbocycles. The fraction of sp³-hybridized carbons (Fsp3) is 0.344. The van der Waals surface area contributed by atoms with Gasteiger partial charge in [0.15, 0.2) is 0 Å². The van der Waals surface area contributed by atoms with Crippen LogP contribution in [-0.4, -0.2) is 27.8 Å². The number of unbranched alkanes of at least 4 members (excludes halogenated alkanes) is 5. The second-order valence-corrected chi connectivity index (χ2v) is 10.0. The highest BCUT2D eigenvalue weighted by molar-refractivity contribution is 6.31. The molecule has 41 heavy (non-hydrogen) atoms. The van der Waals surface area contributed by atoms with Crippen LogP contribution in [-0.2, 0) is 35.3 Å². The molecule has 218 valence electrons. The highest BCUT2D eigenvalue weighted by Gasteiger charge is 2.30. The fourth-order valence-electron chi connectivity index (χ4n) is 4.40. The van der Waals surface area contributed by atoms with E-state index < -0.39 is 23.6 Å². The van der Waals surface area contributed by atoms with Crippen molar-refractivity contribution in [1.82, 2.24) is 4.90 Å². The summed E-state index contributed by atoms with van der Waals surface area (Å²) in [4.78, 5) is 37.4. The number of carboxylic acids is 1. The van der Waals surface area contributed by atoms with Gasteiger partial charge in [-0.3, -0.25) is 9.59 Å². The number of alkyl halides is 3. The second kappa shape index (κ2) is 15.0. The predicted octanol–water partition coefficient (Wildman–Crippen LogP) is 7.47. The first-order valence-electron chi connectivity index (χ1n) is 13.7. The van der Waals surface area contributed by atoms with E-state index in [-0.39, 0.29) is 19.0 Å². The van der Waals surface area contributed by atoms with E-state index in [1.165, 1.54) is 49.8 Å². The standard InChI is InChI=1S/C32H35F3N2O4/c1-2-3-4-5-6-7-8-23-13-19-28(20-14-23)36-29(38)26-15-9-24(10-16-26)21-37(30(39)31(40)41)22-25-11-17-27(18-12-25)32(33,34)35/h9-20H,2-8,21-22H2,1H3,(H,36,38)(H,40,41). The molecule has 0 bridgehead atoms. The van der Waals surface area contributed by atoms with E-state index in [1.807, 2.05) is 24.3 Å². The largest absolute Gasteiger partial charge is 0.474 e. The highest BCUT2D eigenvalue weighted by Crippen LogP contribution is 2.29. The van der Waals surface area contributed by atoms with Crippen molar-refractivity contribution in [3.8, 4) is 0 Å². The maximum Gasteiger partial charge on any atom is 0.416 e. The van der Waals surface area contributed by atoms with Crippen molar-refractivity contribution in [3.63, 3.8) is 0 Å². The first-order chi connectivity index (χ1) is 19.6. The van der Waals surface area contributed by atoms with Gasteiger partial charge in [-0.2, -0.15) is 13.2 Å². The molecule has 0 spiro atoms. The molecule has 6 nitrogen and oxygen atoms in total. The van der Waals surface area contributed by atoms with E-state index in [9.17, 15) is 32.7 Å². The Hall–Kier alpha value is -4.14. The van der Waals surface area contributed by atoms with Crippen LogP contribution >= 0.6 is 0 Å². The van der Waals surface area contributed by atoms with Gasteiger partial charge in [0.05, 0.1) is 5.56 Å². The molecule has 0 radical (unpaired) electrons. The third-order valence-corrected chi connectivity index (χ3v) is 6.75. The number of amides is 2. The van der Waals surface area contributed by atoms with Crippen molar-refractivity contribution < 1.29 is 32.7 Å². The van der Waals surface area contributed by atoms with E-state index in [2.05, 4.69) is 12.2 Å². The lowest BCUT2D eigenvalue weighted by atomic mass is 10.0. The van der Waals surface area contributed by atoms with Gasteiger partial charge in [-0.25, -0.2) is 4.79 Å². The minimum absolute atomic E-state index is 0.103. The van der Waals surface area contributed by atoms with Gasteiger partial charge >= 0.3 is 18.1 Å². The number of hydrogen-bond acceptors (Lipinski definition) is 3. The van der Waals surface area contributed by atoms with E-state index in [0.717, 1.165) is 29.9 Å². The summed E-state index contributed by atoms with van der Waals surface area (Å²) in [6.45, 7) is 1.91. The Morgan fingerprint density at radius 2 is 1.24 bits per heavy atom. The van der Waals surface area contributed by atoms with Gasteiger partial charge in [-0.1, -0.05) is 75.4 Å². The summed E-state index contributed by atoms with van der Waals surface area (Å²) >= 11 is 0. The number of rotatable bonds is 13. The van der Waals surface area contributed by atoms with Crippen molar-refractivity contribution in [1.29, 1.82) is 0 Å². The van der Waals surface area contributed by atoms with E-state index in [1.54, 1.807) is 24.3 Å². The Bertz CT molecular complexity index is 1290. The van der Waals surface area contributed by atoms with Crippen LogP contribution in [0.2, 0.25) is 0 Å². The molecule has 3 rings (SSSR count). The zero-order chi connectivity index (χ0) is 29.8. The maximum atomic E-state index is 12.8. The van der Waals surface area contributed by atoms with Crippen LogP contribution < -0.4 is 5.32 Å². The minimum atomic E-state index is -4.50. The normalized spacial score (nSPS) is 11.2. The number of aliphatic carboxylic acids is 1. The molecule has 0 saturated heterocycles. The molecule has 0 unspecified atom stereocenters. The molecule has 2 N–H and O–H groups in total. The van der Waals surface area contributed by atoms with Crippen molar-refractivity contribution in [2.45, 2.75) is 71.1 Å². The number of aryl methyl sites for hydroxylation is 1. The van der Waals surface area contributed by atoms with E-state index >= 15 is 0 Å². The number of nitrogens with zero attached hydrogens (tertiary/aromatic N) is 1. The Labute approximate surface area is 238 Å². The summed E-state index contributed by atoms with van der Waals surface area (Å²) in [5, 5.41) is 12.1. The maximum absolute atomic E-state index is 12.8. The number of halogens is 3. The molecule has 0 aliphatic carbocycles. The monoisotopic (exact) mass is 568 g/mol. The highest BCUT2D eigenvalue weighted by atomic mass is 19.4. The molecule has 9 heteroatoms. The molecule has 0 fully saturated rings. The molecule has 0 heterocycles. The third kappa shape index (κ3) is 10.1. The zero-order valence-corrected chi connectivity index (χ0v) is 23.0. The van der Waals surface area contributed by atoms with E-state index in [4.69, 9.17) is 0 Å². The Morgan fingerprint density at radius 3 is 1.78 bits per heavy atom. The number of carbonyl (C=O) groups excluding carboxylic acids is 2. The number of nitrogens with one attached hydrogen (secondary N) is 1. The van der Waals surface area contributed by atoms with Crippen LogP contribution in [0.25, 0.3) is 0 Å². The number of anilines is 1. The van der Waals surface area contributed by atoms with Crippen molar-refractivity contribution in [2.75, 3.05) is 5.32 Å². The summed E-state index contributed by atoms with van der Waals surface area (Å²) in [5.41, 5.74) is 2.34. The van der Waals surface area contributed by atoms with Crippen LogP contribution in [0.3, 0.4) is 0 Å². The smallest absolute Gasteiger partial charge is 0.416 e. The van der Waals surface area contributed by atoms with Gasteiger partial charge in [0.25, 0.3) is 5.91 Å². The predicted molar refractivity (Wildman–Crippen MR) is 151 cm³/mol. The fourth-order valence-corrected chi connectivity index (χ4v) is 4.40. The second-order valence-electron chi connectivity index (χ2n) is 10.0. The van der Waals surface area contributed by atoms with Crippen LogP contribution in [0.15, 0.2) is 72.8 Å². The quantitative estimate of drug-likeness (QED) is 0.165. The molecule has 0 aliphatic heterocycles. The number of hydrogen-bond donors (Lipinski definition) is 2. The van der Waals surface area contributed by atoms with Gasteiger partial charge in [-0.15, -0.1) is 0 Å². The van der Waals surface area contributed by atoms with Gasteiger partial charge in [-0.05, 0) is 65.9 Å². The van der Waals surface area contributed by atoms with Crippen molar-refractivity contribution >= 4 is 23.5 Å². The summed E-state index contributed by atoms with van der Waals surface area (Å²) in [6, 6.07) is 18.3. The van der Waals surface area contributed by atoms with Crippen molar-refractivity contribution in [3.05, 3.63) is 101 Å². The molecular weight excluding hydrogens is 533 g/mol. The van der Waals surface area contributed by atoms with Crippen molar-refractivity contribution in [2.24, 2.45) is 0 Å². The Morgan fingerprint density at radius 1 is 0.732 bits per heavy atom. The van der Waals surface area contributed by atoms with Crippen LogP contribution in [0.5, 0.6) is 0 Å². The molecular formula is C32H35F3N2O4. The van der Waals surface area contributed by atoms with Gasteiger partial charge in [0.1, 0.15) is 0 Å². The van der Waals surface area contributed by atoms with E-state index in [0.29, 0.717) is 22.4 Å². The lowest BCUT2D eigenvalue weighted by Gasteiger charge is -2.21. The summed E-state index contributed by atoms with van der Waals surface area (Å²) in [7, 11) is 0. The molecule has 2 amide bonds.